The van der Waals surface area contributed by atoms with Gasteiger partial charge in [-0.3, -0.25) is 0 Å². The van der Waals surface area contributed by atoms with Gasteiger partial charge in [0.05, 0.1) is 0 Å². The van der Waals surface area contributed by atoms with Gasteiger partial charge in [-0.25, -0.2) is 0 Å². The number of hydrogen-bond acceptors (Lipinski definition) is 3. The summed E-state index contributed by atoms with van der Waals surface area (Å²) in [5, 5.41) is 3.33. The molecule has 1 fully saturated rings. The lowest BCUT2D eigenvalue weighted by Crippen LogP contribution is -2.58. The smallest absolute Gasteiger partial charge is 0.0330 e. The quantitative estimate of drug-likeness (QED) is 0.733. The third-order valence-electron chi connectivity index (χ3n) is 4.72. The van der Waals surface area contributed by atoms with Crippen molar-refractivity contribution >= 4 is 0 Å². The van der Waals surface area contributed by atoms with E-state index in [1.165, 1.54) is 32.2 Å². The molecule has 1 aliphatic rings. The molecular weight excluding hydrogens is 210 g/mol. The SMILES string of the molecule is CNC(C)CC(C)N(C)CC1(N(C)C)CCC1. The predicted octanol–water partition coefficient (Wildman–Crippen LogP) is 1.79. The maximum atomic E-state index is 3.33. The van der Waals surface area contributed by atoms with E-state index >= 15 is 0 Å². The average molecular weight is 241 g/mol. The van der Waals surface area contributed by atoms with Crippen LogP contribution in [0.5, 0.6) is 0 Å². The Balaban J connectivity index is 2.44. The largest absolute Gasteiger partial charge is 0.317 e. The molecule has 17 heavy (non-hydrogen) atoms. The minimum absolute atomic E-state index is 0.450. The highest BCUT2D eigenvalue weighted by atomic mass is 15.2. The highest BCUT2D eigenvalue weighted by Crippen LogP contribution is 2.37. The molecule has 0 bridgehead atoms. The number of rotatable bonds is 7. The second kappa shape index (κ2) is 6.17. The summed E-state index contributed by atoms with van der Waals surface area (Å²) in [6, 6.07) is 1.25. The van der Waals surface area contributed by atoms with Gasteiger partial charge < -0.3 is 15.1 Å². The highest BCUT2D eigenvalue weighted by Gasteiger charge is 2.40. The molecule has 0 spiro atoms. The zero-order chi connectivity index (χ0) is 13.1. The Morgan fingerprint density at radius 2 is 1.76 bits per heavy atom. The van der Waals surface area contributed by atoms with Gasteiger partial charge in [0.25, 0.3) is 0 Å². The maximum absolute atomic E-state index is 3.33. The summed E-state index contributed by atoms with van der Waals surface area (Å²) >= 11 is 0. The fourth-order valence-electron chi connectivity index (χ4n) is 2.76. The Kier molecular flexibility index (Phi) is 5.42. The Labute approximate surface area is 108 Å². The molecule has 0 radical (unpaired) electrons. The summed E-state index contributed by atoms with van der Waals surface area (Å²) in [6.45, 7) is 5.81. The van der Waals surface area contributed by atoms with Crippen molar-refractivity contribution in [1.82, 2.24) is 15.1 Å². The Morgan fingerprint density at radius 3 is 2.12 bits per heavy atom. The van der Waals surface area contributed by atoms with Crippen molar-refractivity contribution < 1.29 is 0 Å². The van der Waals surface area contributed by atoms with Crippen LogP contribution < -0.4 is 5.32 Å². The molecule has 3 heteroatoms. The van der Waals surface area contributed by atoms with Crippen LogP contribution in [0.3, 0.4) is 0 Å². The lowest BCUT2D eigenvalue weighted by molar-refractivity contribution is 0.0163. The normalized spacial score (nSPS) is 22.6. The molecule has 3 nitrogen and oxygen atoms in total. The van der Waals surface area contributed by atoms with E-state index < -0.39 is 0 Å². The van der Waals surface area contributed by atoms with E-state index in [1.807, 2.05) is 7.05 Å². The molecule has 1 rings (SSSR count). The summed E-state index contributed by atoms with van der Waals surface area (Å²) in [6.07, 6.45) is 5.33. The van der Waals surface area contributed by atoms with Gasteiger partial charge in [0.1, 0.15) is 0 Å². The highest BCUT2D eigenvalue weighted by molar-refractivity contribution is 4.98. The van der Waals surface area contributed by atoms with Crippen LogP contribution in [0, 0.1) is 0 Å². The van der Waals surface area contributed by atoms with E-state index in [-0.39, 0.29) is 0 Å². The van der Waals surface area contributed by atoms with Crippen LogP contribution in [-0.4, -0.2) is 62.2 Å². The minimum Gasteiger partial charge on any atom is -0.317 e. The van der Waals surface area contributed by atoms with Gasteiger partial charge in [-0.15, -0.1) is 0 Å². The van der Waals surface area contributed by atoms with Crippen molar-refractivity contribution in [3.63, 3.8) is 0 Å². The van der Waals surface area contributed by atoms with Crippen molar-refractivity contribution in [2.24, 2.45) is 0 Å². The van der Waals surface area contributed by atoms with Crippen LogP contribution in [0.15, 0.2) is 0 Å². The van der Waals surface area contributed by atoms with Crippen molar-refractivity contribution in [1.29, 1.82) is 0 Å². The van der Waals surface area contributed by atoms with Crippen LogP contribution in [0.2, 0.25) is 0 Å². The first-order valence-electron chi connectivity index (χ1n) is 6.96. The van der Waals surface area contributed by atoms with Gasteiger partial charge in [-0.2, -0.15) is 0 Å². The standard InChI is InChI=1S/C14H31N3/c1-12(15-3)10-13(2)17(6)11-14(16(4)5)8-7-9-14/h12-13,15H,7-11H2,1-6H3. The zero-order valence-corrected chi connectivity index (χ0v) is 12.6. The average Bonchev–Trinajstić information content (AvgIpc) is 2.22. The summed E-state index contributed by atoms with van der Waals surface area (Å²) in [5.74, 6) is 0. The van der Waals surface area contributed by atoms with Gasteiger partial charge in [0.2, 0.25) is 0 Å². The topological polar surface area (TPSA) is 18.5 Å². The fourth-order valence-corrected chi connectivity index (χ4v) is 2.76. The lowest BCUT2D eigenvalue weighted by Gasteiger charge is -2.50. The van der Waals surface area contributed by atoms with E-state index in [2.05, 4.69) is 50.1 Å². The van der Waals surface area contributed by atoms with Crippen molar-refractivity contribution in [2.75, 3.05) is 34.7 Å². The summed E-state index contributed by atoms with van der Waals surface area (Å²) in [5.41, 5.74) is 0.450. The molecule has 0 aromatic carbocycles. The molecule has 1 saturated carbocycles. The predicted molar refractivity (Wildman–Crippen MR) is 75.5 cm³/mol. The van der Waals surface area contributed by atoms with Crippen LogP contribution in [0.4, 0.5) is 0 Å². The third-order valence-corrected chi connectivity index (χ3v) is 4.72. The lowest BCUT2D eigenvalue weighted by atomic mass is 9.75. The Morgan fingerprint density at radius 1 is 1.18 bits per heavy atom. The minimum atomic E-state index is 0.450. The van der Waals surface area contributed by atoms with Crippen molar-refractivity contribution in [2.45, 2.75) is 57.2 Å². The number of hydrogen-bond donors (Lipinski definition) is 1. The maximum Gasteiger partial charge on any atom is 0.0330 e. The fraction of sp³-hybridized carbons (Fsp3) is 1.00. The van der Waals surface area contributed by atoms with Crippen molar-refractivity contribution in [3.05, 3.63) is 0 Å². The van der Waals surface area contributed by atoms with E-state index in [1.54, 1.807) is 0 Å². The molecule has 0 amide bonds. The van der Waals surface area contributed by atoms with Crippen LogP contribution in [0.1, 0.15) is 39.5 Å². The van der Waals surface area contributed by atoms with E-state index in [4.69, 9.17) is 0 Å². The molecule has 1 N–H and O–H groups in total. The molecule has 0 aromatic rings. The second-order valence-electron chi connectivity index (χ2n) is 6.16. The van der Waals surface area contributed by atoms with Crippen molar-refractivity contribution in [3.8, 4) is 0 Å². The Bertz CT molecular complexity index is 224. The number of nitrogens with zero attached hydrogens (tertiary/aromatic N) is 2. The molecule has 0 aliphatic heterocycles. The van der Waals surface area contributed by atoms with Gasteiger partial charge in [-0.05, 0) is 67.7 Å². The number of nitrogens with one attached hydrogen (secondary N) is 1. The molecular formula is C14H31N3. The van der Waals surface area contributed by atoms with E-state index in [0.717, 1.165) is 0 Å². The first-order chi connectivity index (χ1) is 7.91. The van der Waals surface area contributed by atoms with E-state index in [0.29, 0.717) is 17.6 Å². The van der Waals surface area contributed by atoms with Gasteiger partial charge >= 0.3 is 0 Å². The summed E-state index contributed by atoms with van der Waals surface area (Å²) in [4.78, 5) is 4.97. The first-order valence-corrected chi connectivity index (χ1v) is 6.96. The van der Waals surface area contributed by atoms with Gasteiger partial charge in [-0.1, -0.05) is 0 Å². The molecule has 102 valence electrons. The molecule has 2 unspecified atom stereocenters. The Hall–Kier alpha value is -0.120. The number of likely N-dealkylation sites (N-methyl/N-ethyl adjacent to an activating group) is 2. The second-order valence-corrected chi connectivity index (χ2v) is 6.16. The molecule has 0 saturated heterocycles. The molecule has 2 atom stereocenters. The molecule has 0 heterocycles. The van der Waals surface area contributed by atoms with Crippen LogP contribution in [0.25, 0.3) is 0 Å². The van der Waals surface area contributed by atoms with Gasteiger partial charge in [0, 0.05) is 24.2 Å². The monoisotopic (exact) mass is 241 g/mol. The van der Waals surface area contributed by atoms with Crippen LogP contribution in [-0.2, 0) is 0 Å². The first kappa shape index (κ1) is 14.9. The summed E-state index contributed by atoms with van der Waals surface area (Å²) < 4.78 is 0. The van der Waals surface area contributed by atoms with Gasteiger partial charge in [0.15, 0.2) is 0 Å². The van der Waals surface area contributed by atoms with Crippen LogP contribution >= 0.6 is 0 Å². The molecule has 1 aliphatic carbocycles. The zero-order valence-electron chi connectivity index (χ0n) is 12.6. The third kappa shape index (κ3) is 3.67. The van der Waals surface area contributed by atoms with E-state index in [9.17, 15) is 0 Å². The summed E-state index contributed by atoms with van der Waals surface area (Å²) in [7, 11) is 8.78. The molecule has 0 aromatic heterocycles.